The van der Waals surface area contributed by atoms with Crippen molar-refractivity contribution in [3.05, 3.63) is 28.8 Å². The lowest BCUT2D eigenvalue weighted by molar-refractivity contribution is 0.612. The normalized spacial score (nSPS) is 14.3. The summed E-state index contributed by atoms with van der Waals surface area (Å²) < 4.78 is 0. The van der Waals surface area contributed by atoms with Gasteiger partial charge >= 0.3 is 0 Å². The minimum absolute atomic E-state index is 0.124. The van der Waals surface area contributed by atoms with E-state index >= 15 is 0 Å². The molecule has 0 saturated heterocycles. The van der Waals surface area contributed by atoms with Gasteiger partial charge in [0.2, 0.25) is 0 Å². The molecule has 0 aliphatic heterocycles. The number of benzene rings is 1. The highest BCUT2D eigenvalue weighted by Gasteiger charge is 2.15. The molecular weight excluding hydrogens is 244 g/mol. The van der Waals surface area contributed by atoms with Crippen molar-refractivity contribution in [2.24, 2.45) is 5.73 Å². The predicted octanol–water partition coefficient (Wildman–Crippen LogP) is 3.85. The zero-order valence-electron chi connectivity index (χ0n) is 11.9. The van der Waals surface area contributed by atoms with E-state index in [1.165, 1.54) is 24.1 Å². The first-order valence-electron chi connectivity index (χ1n) is 6.73. The zero-order chi connectivity index (χ0) is 13.7. The summed E-state index contributed by atoms with van der Waals surface area (Å²) in [6.07, 6.45) is 3.19. The molecule has 0 saturated carbocycles. The van der Waals surface area contributed by atoms with E-state index in [1.807, 2.05) is 19.1 Å². The highest BCUT2D eigenvalue weighted by atomic mass is 35.5. The van der Waals surface area contributed by atoms with E-state index in [0.717, 1.165) is 11.4 Å². The van der Waals surface area contributed by atoms with E-state index < -0.39 is 0 Å². The van der Waals surface area contributed by atoms with Gasteiger partial charge in [-0.05, 0) is 44.4 Å². The third kappa shape index (κ3) is 3.89. The Balaban J connectivity index is 3.03. The van der Waals surface area contributed by atoms with Crippen molar-refractivity contribution in [1.82, 2.24) is 0 Å². The first-order valence-corrected chi connectivity index (χ1v) is 7.11. The summed E-state index contributed by atoms with van der Waals surface area (Å²) in [5.74, 6) is 0. The number of hydrogen-bond donors (Lipinski definition) is 1. The van der Waals surface area contributed by atoms with Gasteiger partial charge in [0.15, 0.2) is 0 Å². The van der Waals surface area contributed by atoms with Gasteiger partial charge in [-0.25, -0.2) is 0 Å². The van der Waals surface area contributed by atoms with Crippen LogP contribution in [0.3, 0.4) is 0 Å². The number of anilines is 1. The van der Waals surface area contributed by atoms with Crippen LogP contribution in [0.2, 0.25) is 5.02 Å². The Hall–Kier alpha value is -0.730. The molecule has 0 radical (unpaired) electrons. The third-order valence-corrected chi connectivity index (χ3v) is 3.72. The molecule has 1 rings (SSSR count). The molecule has 1 aromatic carbocycles. The lowest BCUT2D eigenvalue weighted by Gasteiger charge is -2.29. The quantitative estimate of drug-likeness (QED) is 0.849. The SMILES string of the molecule is CCCC(C)N(C)c1cccc(Cl)c1CC(C)N. The lowest BCUT2D eigenvalue weighted by atomic mass is 10.0. The fourth-order valence-corrected chi connectivity index (χ4v) is 2.50. The molecule has 3 heteroatoms. The van der Waals surface area contributed by atoms with Crippen LogP contribution in [0.25, 0.3) is 0 Å². The van der Waals surface area contributed by atoms with E-state index in [-0.39, 0.29) is 6.04 Å². The fraction of sp³-hybridized carbons (Fsp3) is 0.600. The number of nitrogens with two attached hydrogens (primary N) is 1. The van der Waals surface area contributed by atoms with Gasteiger partial charge in [-0.3, -0.25) is 0 Å². The highest BCUT2D eigenvalue weighted by molar-refractivity contribution is 6.31. The summed E-state index contributed by atoms with van der Waals surface area (Å²) in [5.41, 5.74) is 8.30. The third-order valence-electron chi connectivity index (χ3n) is 3.37. The van der Waals surface area contributed by atoms with Crippen molar-refractivity contribution >= 4 is 17.3 Å². The van der Waals surface area contributed by atoms with E-state index in [0.29, 0.717) is 6.04 Å². The second kappa shape index (κ2) is 7.01. The van der Waals surface area contributed by atoms with Crippen LogP contribution in [0.5, 0.6) is 0 Å². The average Bonchev–Trinajstić information content (AvgIpc) is 2.30. The van der Waals surface area contributed by atoms with Gasteiger partial charge in [0.05, 0.1) is 0 Å². The van der Waals surface area contributed by atoms with E-state index in [4.69, 9.17) is 17.3 Å². The minimum Gasteiger partial charge on any atom is -0.372 e. The molecule has 0 fully saturated rings. The molecule has 102 valence electrons. The monoisotopic (exact) mass is 268 g/mol. The molecule has 1 aromatic rings. The molecule has 2 atom stereocenters. The van der Waals surface area contributed by atoms with Crippen LogP contribution in [0.15, 0.2) is 18.2 Å². The molecule has 0 amide bonds. The van der Waals surface area contributed by atoms with Gasteiger partial charge in [0.1, 0.15) is 0 Å². The Bertz CT molecular complexity index is 377. The summed E-state index contributed by atoms with van der Waals surface area (Å²) in [6, 6.07) is 6.73. The number of nitrogens with zero attached hydrogens (tertiary/aromatic N) is 1. The summed E-state index contributed by atoms with van der Waals surface area (Å²) in [5, 5.41) is 0.820. The number of halogens is 1. The van der Waals surface area contributed by atoms with Crippen LogP contribution in [0, 0.1) is 0 Å². The van der Waals surface area contributed by atoms with Crippen molar-refractivity contribution in [2.45, 2.75) is 52.1 Å². The maximum Gasteiger partial charge on any atom is 0.0459 e. The Morgan fingerprint density at radius 2 is 2.00 bits per heavy atom. The summed E-state index contributed by atoms with van der Waals surface area (Å²) in [4.78, 5) is 2.31. The molecule has 0 heterocycles. The molecule has 0 aliphatic rings. The van der Waals surface area contributed by atoms with E-state index in [2.05, 4.69) is 31.9 Å². The molecule has 2 nitrogen and oxygen atoms in total. The maximum atomic E-state index is 6.32. The van der Waals surface area contributed by atoms with E-state index in [9.17, 15) is 0 Å². The Kier molecular flexibility index (Phi) is 5.97. The number of rotatable bonds is 6. The van der Waals surface area contributed by atoms with Crippen molar-refractivity contribution < 1.29 is 0 Å². The molecular formula is C15H25ClN2. The fourth-order valence-electron chi connectivity index (χ4n) is 2.25. The predicted molar refractivity (Wildman–Crippen MR) is 81.6 cm³/mol. The van der Waals surface area contributed by atoms with Crippen LogP contribution in [0.1, 0.15) is 39.2 Å². The Morgan fingerprint density at radius 1 is 1.33 bits per heavy atom. The molecule has 2 N–H and O–H groups in total. The molecule has 18 heavy (non-hydrogen) atoms. The average molecular weight is 269 g/mol. The van der Waals surface area contributed by atoms with E-state index in [1.54, 1.807) is 0 Å². The molecule has 2 unspecified atom stereocenters. The van der Waals surface area contributed by atoms with Crippen molar-refractivity contribution in [2.75, 3.05) is 11.9 Å². The van der Waals surface area contributed by atoms with Gasteiger partial charge in [-0.1, -0.05) is 31.0 Å². The van der Waals surface area contributed by atoms with Gasteiger partial charge in [-0.2, -0.15) is 0 Å². The summed E-state index contributed by atoms with van der Waals surface area (Å²) in [6.45, 7) is 6.48. The van der Waals surface area contributed by atoms with Crippen LogP contribution in [-0.2, 0) is 6.42 Å². The highest BCUT2D eigenvalue weighted by Crippen LogP contribution is 2.29. The molecule has 0 aliphatic carbocycles. The Labute approximate surface area is 116 Å². The zero-order valence-corrected chi connectivity index (χ0v) is 12.7. The Morgan fingerprint density at radius 3 is 2.56 bits per heavy atom. The first-order chi connectivity index (χ1) is 8.47. The van der Waals surface area contributed by atoms with Crippen LogP contribution >= 0.6 is 11.6 Å². The molecule has 0 aromatic heterocycles. The van der Waals surface area contributed by atoms with Gasteiger partial charge < -0.3 is 10.6 Å². The number of hydrogen-bond acceptors (Lipinski definition) is 2. The lowest BCUT2D eigenvalue weighted by Crippen LogP contribution is -2.30. The van der Waals surface area contributed by atoms with Crippen LogP contribution in [0.4, 0.5) is 5.69 Å². The van der Waals surface area contributed by atoms with Gasteiger partial charge in [0.25, 0.3) is 0 Å². The van der Waals surface area contributed by atoms with Crippen molar-refractivity contribution in [3.63, 3.8) is 0 Å². The molecule has 0 spiro atoms. The largest absolute Gasteiger partial charge is 0.372 e. The second-order valence-electron chi connectivity index (χ2n) is 5.17. The standard InChI is InChI=1S/C15H25ClN2/c1-5-7-12(3)18(4)15-9-6-8-14(16)13(15)10-11(2)17/h6,8-9,11-12H,5,7,10,17H2,1-4H3. The topological polar surface area (TPSA) is 29.3 Å². The smallest absolute Gasteiger partial charge is 0.0459 e. The summed E-state index contributed by atoms with van der Waals surface area (Å²) >= 11 is 6.32. The van der Waals surface area contributed by atoms with Crippen molar-refractivity contribution in [1.29, 1.82) is 0 Å². The summed E-state index contributed by atoms with van der Waals surface area (Å²) in [7, 11) is 2.14. The molecule has 0 bridgehead atoms. The van der Waals surface area contributed by atoms with Crippen LogP contribution in [-0.4, -0.2) is 19.1 Å². The minimum atomic E-state index is 0.124. The van der Waals surface area contributed by atoms with Crippen molar-refractivity contribution in [3.8, 4) is 0 Å². The van der Waals surface area contributed by atoms with Crippen LogP contribution < -0.4 is 10.6 Å². The first kappa shape index (κ1) is 15.3. The maximum absolute atomic E-state index is 6.32. The second-order valence-corrected chi connectivity index (χ2v) is 5.57. The van der Waals surface area contributed by atoms with Gasteiger partial charge in [-0.15, -0.1) is 0 Å². The van der Waals surface area contributed by atoms with Gasteiger partial charge in [0, 0.05) is 29.8 Å².